The van der Waals surface area contributed by atoms with Crippen LogP contribution in [0, 0.1) is 6.92 Å². The Balaban J connectivity index is 1.68. The van der Waals surface area contributed by atoms with Crippen molar-refractivity contribution >= 4 is 28.4 Å². The summed E-state index contributed by atoms with van der Waals surface area (Å²) < 4.78 is 5.42. The van der Waals surface area contributed by atoms with Crippen LogP contribution in [-0.2, 0) is 14.3 Å². The highest BCUT2D eigenvalue weighted by atomic mass is 16.5. The Labute approximate surface area is 134 Å². The number of carbonyl (C=O) groups excluding carboxylic acids is 2. The maximum atomic E-state index is 12.1. The lowest BCUT2D eigenvalue weighted by Crippen LogP contribution is -2.39. The maximum absolute atomic E-state index is 12.1. The van der Waals surface area contributed by atoms with Crippen LogP contribution < -0.4 is 10.6 Å². The maximum Gasteiger partial charge on any atom is 0.313 e. The number of pyridine rings is 1. The molecule has 2 heterocycles. The number of aromatic nitrogens is 1. The van der Waals surface area contributed by atoms with Gasteiger partial charge in [0.15, 0.2) is 0 Å². The van der Waals surface area contributed by atoms with Gasteiger partial charge in [-0.05, 0) is 31.9 Å². The molecule has 120 valence electrons. The number of amides is 2. The fourth-order valence-electron chi connectivity index (χ4n) is 2.68. The molecule has 1 fully saturated rings. The van der Waals surface area contributed by atoms with Crippen LogP contribution in [0.2, 0.25) is 0 Å². The topological polar surface area (TPSA) is 80.3 Å². The number of carbonyl (C=O) groups is 2. The molecule has 0 bridgehead atoms. The molecule has 2 amide bonds. The van der Waals surface area contributed by atoms with Crippen LogP contribution in [0.25, 0.3) is 10.9 Å². The molecule has 0 radical (unpaired) electrons. The summed E-state index contributed by atoms with van der Waals surface area (Å²) in [6.45, 7) is 2.93. The van der Waals surface area contributed by atoms with Crippen molar-refractivity contribution in [1.82, 2.24) is 10.3 Å². The van der Waals surface area contributed by atoms with Crippen molar-refractivity contribution in [3.8, 4) is 0 Å². The predicted octanol–water partition coefficient (Wildman–Crippen LogP) is 1.78. The second-order valence-electron chi connectivity index (χ2n) is 5.63. The van der Waals surface area contributed by atoms with Gasteiger partial charge in [0.05, 0.1) is 17.3 Å². The van der Waals surface area contributed by atoms with Crippen LogP contribution in [0.1, 0.15) is 18.5 Å². The van der Waals surface area contributed by atoms with Crippen molar-refractivity contribution in [3.63, 3.8) is 0 Å². The highest BCUT2D eigenvalue weighted by Gasteiger charge is 2.20. The van der Waals surface area contributed by atoms with Crippen molar-refractivity contribution in [2.75, 3.05) is 18.5 Å². The number of nitrogens with one attached hydrogen (secondary N) is 2. The Hall–Kier alpha value is -2.47. The summed E-state index contributed by atoms with van der Waals surface area (Å²) in [6.07, 6.45) is 1.92. The number of benzene rings is 1. The smallest absolute Gasteiger partial charge is 0.313 e. The van der Waals surface area contributed by atoms with E-state index in [1.807, 2.05) is 31.2 Å². The van der Waals surface area contributed by atoms with E-state index < -0.39 is 11.8 Å². The van der Waals surface area contributed by atoms with Crippen LogP contribution in [0.5, 0.6) is 0 Å². The minimum Gasteiger partial charge on any atom is -0.376 e. The molecule has 6 nitrogen and oxygen atoms in total. The summed E-state index contributed by atoms with van der Waals surface area (Å²) in [5.74, 6) is -1.34. The number of anilines is 1. The molecule has 23 heavy (non-hydrogen) atoms. The molecule has 1 aromatic carbocycles. The summed E-state index contributed by atoms with van der Waals surface area (Å²) in [5.41, 5.74) is 2.15. The molecule has 1 aliphatic heterocycles. The van der Waals surface area contributed by atoms with E-state index in [0.717, 1.165) is 36.0 Å². The summed E-state index contributed by atoms with van der Waals surface area (Å²) in [4.78, 5) is 28.4. The van der Waals surface area contributed by atoms with Gasteiger partial charge in [0.25, 0.3) is 0 Å². The first-order valence-corrected chi connectivity index (χ1v) is 7.70. The molecule has 3 rings (SSSR count). The van der Waals surface area contributed by atoms with Crippen molar-refractivity contribution < 1.29 is 14.3 Å². The Bertz CT molecular complexity index is 739. The van der Waals surface area contributed by atoms with Crippen molar-refractivity contribution in [3.05, 3.63) is 36.0 Å². The van der Waals surface area contributed by atoms with E-state index in [9.17, 15) is 9.59 Å². The molecule has 0 aliphatic carbocycles. The molecule has 1 saturated heterocycles. The summed E-state index contributed by atoms with van der Waals surface area (Å²) in [6, 6.07) is 9.24. The Morgan fingerprint density at radius 1 is 1.30 bits per heavy atom. The standard InChI is InChI=1S/C17H19N3O3/c1-11-9-15(13-6-2-3-7-14(13)19-11)20-17(22)16(21)18-10-12-5-4-8-23-12/h2-3,6-7,9,12H,4-5,8,10H2,1H3,(H,18,21)(H,19,20,22)/t12-/m1/s1. The average Bonchev–Trinajstić information content (AvgIpc) is 3.05. The summed E-state index contributed by atoms with van der Waals surface area (Å²) >= 11 is 0. The van der Waals surface area contributed by atoms with Crippen LogP contribution in [0.4, 0.5) is 5.69 Å². The van der Waals surface area contributed by atoms with Gasteiger partial charge < -0.3 is 15.4 Å². The molecule has 1 aromatic heterocycles. The van der Waals surface area contributed by atoms with Crippen LogP contribution in [0.3, 0.4) is 0 Å². The first-order chi connectivity index (χ1) is 11.1. The zero-order valence-electron chi connectivity index (χ0n) is 13.0. The lowest BCUT2D eigenvalue weighted by Gasteiger charge is -2.12. The van der Waals surface area contributed by atoms with Crippen molar-refractivity contribution in [2.24, 2.45) is 0 Å². The monoisotopic (exact) mass is 313 g/mol. The van der Waals surface area contributed by atoms with Crippen molar-refractivity contribution in [2.45, 2.75) is 25.9 Å². The zero-order valence-corrected chi connectivity index (χ0v) is 13.0. The summed E-state index contributed by atoms with van der Waals surface area (Å²) in [5, 5.41) is 6.09. The molecule has 1 aliphatic rings. The molecule has 2 N–H and O–H groups in total. The minimum atomic E-state index is -0.682. The second-order valence-corrected chi connectivity index (χ2v) is 5.63. The number of hydrogen-bond donors (Lipinski definition) is 2. The van der Waals surface area contributed by atoms with Gasteiger partial charge in [-0.25, -0.2) is 0 Å². The molecular formula is C17H19N3O3. The zero-order chi connectivity index (χ0) is 16.2. The van der Waals surface area contributed by atoms with Gasteiger partial charge >= 0.3 is 11.8 Å². The highest BCUT2D eigenvalue weighted by Crippen LogP contribution is 2.22. The molecule has 1 atom stereocenters. The summed E-state index contributed by atoms with van der Waals surface area (Å²) in [7, 11) is 0. The Morgan fingerprint density at radius 3 is 2.91 bits per heavy atom. The van der Waals surface area contributed by atoms with Gasteiger partial charge in [0.1, 0.15) is 0 Å². The third kappa shape index (κ3) is 3.65. The van der Waals surface area contributed by atoms with Gasteiger partial charge in [-0.15, -0.1) is 0 Å². The van der Waals surface area contributed by atoms with Gasteiger partial charge in [0, 0.05) is 24.2 Å². The Kier molecular flexibility index (Phi) is 4.52. The van der Waals surface area contributed by atoms with E-state index in [-0.39, 0.29) is 6.10 Å². The Morgan fingerprint density at radius 2 is 2.13 bits per heavy atom. The lowest BCUT2D eigenvalue weighted by molar-refractivity contribution is -0.136. The number of nitrogens with zero attached hydrogens (tertiary/aromatic N) is 1. The van der Waals surface area contributed by atoms with E-state index in [1.54, 1.807) is 6.07 Å². The number of para-hydroxylation sites is 1. The minimum absolute atomic E-state index is 0.00995. The molecule has 0 saturated carbocycles. The number of hydrogen-bond acceptors (Lipinski definition) is 4. The van der Waals surface area contributed by atoms with Crippen LogP contribution in [-0.4, -0.2) is 36.1 Å². The number of fused-ring (bicyclic) bond motifs is 1. The van der Waals surface area contributed by atoms with E-state index in [4.69, 9.17) is 4.74 Å². The number of aryl methyl sites for hydroxylation is 1. The largest absolute Gasteiger partial charge is 0.376 e. The predicted molar refractivity (Wildman–Crippen MR) is 87.1 cm³/mol. The van der Waals surface area contributed by atoms with E-state index in [1.165, 1.54) is 0 Å². The first kappa shape index (κ1) is 15.4. The van der Waals surface area contributed by atoms with Crippen LogP contribution in [0.15, 0.2) is 30.3 Å². The first-order valence-electron chi connectivity index (χ1n) is 7.70. The van der Waals surface area contributed by atoms with Crippen molar-refractivity contribution in [1.29, 1.82) is 0 Å². The molecule has 0 spiro atoms. The van der Waals surface area contributed by atoms with Gasteiger partial charge in [0.2, 0.25) is 0 Å². The highest BCUT2D eigenvalue weighted by molar-refractivity contribution is 6.40. The fourth-order valence-corrected chi connectivity index (χ4v) is 2.68. The lowest BCUT2D eigenvalue weighted by atomic mass is 10.1. The average molecular weight is 313 g/mol. The molecule has 0 unspecified atom stereocenters. The van der Waals surface area contributed by atoms with E-state index >= 15 is 0 Å². The van der Waals surface area contributed by atoms with Gasteiger partial charge in [-0.3, -0.25) is 14.6 Å². The third-order valence-corrected chi connectivity index (χ3v) is 3.81. The van der Waals surface area contributed by atoms with E-state index in [0.29, 0.717) is 12.2 Å². The molecular weight excluding hydrogens is 294 g/mol. The molecule has 6 heteroatoms. The normalized spacial score (nSPS) is 17.2. The SMILES string of the molecule is Cc1cc(NC(=O)C(=O)NC[C@H]2CCCO2)c2ccccc2n1. The fraction of sp³-hybridized carbons (Fsp3) is 0.353. The number of rotatable bonds is 3. The second kappa shape index (κ2) is 6.75. The number of ether oxygens (including phenoxy) is 1. The van der Waals surface area contributed by atoms with Crippen LogP contribution >= 0.6 is 0 Å². The third-order valence-electron chi connectivity index (χ3n) is 3.81. The van der Waals surface area contributed by atoms with Gasteiger partial charge in [-0.1, -0.05) is 18.2 Å². The van der Waals surface area contributed by atoms with Gasteiger partial charge in [-0.2, -0.15) is 0 Å². The quantitative estimate of drug-likeness (QED) is 0.847. The van der Waals surface area contributed by atoms with E-state index in [2.05, 4.69) is 15.6 Å². The molecule has 2 aromatic rings.